The Balaban J connectivity index is 2.06. The summed E-state index contributed by atoms with van der Waals surface area (Å²) in [4.78, 5) is 29.1. The van der Waals surface area contributed by atoms with E-state index in [1.165, 1.54) is 4.90 Å². The molecule has 0 fully saturated rings. The third-order valence-electron chi connectivity index (χ3n) is 6.50. The Bertz CT molecular complexity index is 1420. The summed E-state index contributed by atoms with van der Waals surface area (Å²) in [5.74, 6) is -0.834. The molecule has 0 aliphatic heterocycles. The van der Waals surface area contributed by atoms with Crippen LogP contribution in [0.4, 0.5) is 5.69 Å². The molecule has 1 unspecified atom stereocenters. The lowest BCUT2D eigenvalue weighted by molar-refractivity contribution is -0.140. The van der Waals surface area contributed by atoms with Crippen LogP contribution in [0.5, 0.6) is 0 Å². The van der Waals surface area contributed by atoms with Crippen LogP contribution in [0.25, 0.3) is 0 Å². The van der Waals surface area contributed by atoms with E-state index in [0.717, 1.165) is 29.0 Å². The fourth-order valence-corrected chi connectivity index (χ4v) is 5.56. The molecule has 3 aromatic carbocycles. The largest absolute Gasteiger partial charge is 0.354 e. The minimum atomic E-state index is -3.83. The molecule has 7 nitrogen and oxygen atoms in total. The third kappa shape index (κ3) is 8.71. The van der Waals surface area contributed by atoms with Crippen LogP contribution in [0.2, 0.25) is 10.0 Å². The van der Waals surface area contributed by atoms with Gasteiger partial charge in [0, 0.05) is 19.5 Å². The zero-order valence-electron chi connectivity index (χ0n) is 22.9. The van der Waals surface area contributed by atoms with Gasteiger partial charge in [0.1, 0.15) is 12.6 Å². The molecule has 3 aromatic rings. The molecule has 0 aliphatic carbocycles. The fourth-order valence-electron chi connectivity index (χ4n) is 4.33. The number of nitrogens with one attached hydrogen (secondary N) is 1. The van der Waals surface area contributed by atoms with E-state index in [1.807, 2.05) is 37.3 Å². The average molecular weight is 605 g/mol. The number of aryl methyl sites for hydroxylation is 1. The number of benzene rings is 3. The highest BCUT2D eigenvalue weighted by Gasteiger charge is 2.33. The van der Waals surface area contributed by atoms with Gasteiger partial charge in [-0.05, 0) is 48.2 Å². The van der Waals surface area contributed by atoms with E-state index in [0.29, 0.717) is 33.4 Å². The second-order valence-electron chi connectivity index (χ2n) is 9.68. The zero-order chi connectivity index (χ0) is 29.3. The Labute approximate surface area is 247 Å². The molecule has 10 heteroatoms. The minimum Gasteiger partial charge on any atom is -0.354 e. The number of nitrogens with zero attached hydrogens (tertiary/aromatic N) is 2. The van der Waals surface area contributed by atoms with E-state index in [-0.39, 0.29) is 18.9 Å². The van der Waals surface area contributed by atoms with Crippen molar-refractivity contribution in [3.8, 4) is 0 Å². The molecule has 3 rings (SSSR count). The molecule has 0 heterocycles. The number of carbonyl (C=O) groups is 2. The number of unbranched alkanes of at least 4 members (excludes halogenated alkanes) is 1. The molecule has 40 heavy (non-hydrogen) atoms. The maximum absolute atomic E-state index is 14.1. The molecular formula is C30H35Cl2N3O4S. The van der Waals surface area contributed by atoms with Crippen LogP contribution in [0, 0.1) is 6.92 Å². The molecule has 0 radical (unpaired) electrons. The van der Waals surface area contributed by atoms with Gasteiger partial charge in [-0.2, -0.15) is 0 Å². The van der Waals surface area contributed by atoms with E-state index in [4.69, 9.17) is 23.2 Å². The van der Waals surface area contributed by atoms with Gasteiger partial charge in [-0.25, -0.2) is 8.42 Å². The summed E-state index contributed by atoms with van der Waals surface area (Å²) in [6, 6.07) is 20.5. The molecule has 0 aromatic heterocycles. The maximum Gasteiger partial charge on any atom is 0.244 e. The zero-order valence-corrected chi connectivity index (χ0v) is 25.3. The summed E-state index contributed by atoms with van der Waals surface area (Å²) in [6.45, 7) is 3.83. The minimum absolute atomic E-state index is 0.0276. The number of rotatable bonds is 13. The summed E-state index contributed by atoms with van der Waals surface area (Å²) in [7, 11) is -3.83. The van der Waals surface area contributed by atoms with Gasteiger partial charge in [-0.3, -0.25) is 13.9 Å². The van der Waals surface area contributed by atoms with Crippen molar-refractivity contribution in [1.82, 2.24) is 10.2 Å². The number of anilines is 1. The molecule has 2 amide bonds. The first kappa shape index (κ1) is 31.5. The molecule has 1 atom stereocenters. The van der Waals surface area contributed by atoms with Crippen molar-refractivity contribution < 1.29 is 18.0 Å². The number of halogens is 2. The molecule has 0 aliphatic rings. The van der Waals surface area contributed by atoms with Gasteiger partial charge in [0.2, 0.25) is 21.8 Å². The molecular weight excluding hydrogens is 569 g/mol. The van der Waals surface area contributed by atoms with E-state index in [2.05, 4.69) is 5.32 Å². The van der Waals surface area contributed by atoms with Crippen LogP contribution in [-0.2, 0) is 32.6 Å². The Hall–Kier alpha value is -3.07. The fraction of sp³-hybridized carbons (Fsp3) is 0.333. The highest BCUT2D eigenvalue weighted by Crippen LogP contribution is 2.26. The number of hydrogen-bond acceptors (Lipinski definition) is 4. The van der Waals surface area contributed by atoms with E-state index >= 15 is 0 Å². The topological polar surface area (TPSA) is 86.8 Å². The SMILES string of the molecule is CCCCNC(=O)C(Cc1ccccc1)N(Cc1ccc(Cl)c(Cl)c1)C(=O)CN(c1ccccc1C)S(C)(=O)=O. The second kappa shape index (κ2) is 14.5. The standard InChI is InChI=1S/C30H35Cl2N3O4S/c1-4-5-17-33-30(37)28(19-23-12-7-6-8-13-23)34(20-24-15-16-25(31)26(32)18-24)29(36)21-35(40(3,38)39)27-14-10-9-11-22(27)2/h6-16,18,28H,4-5,17,19-21H2,1-3H3,(H,33,37). The Morgan fingerprint density at radius 2 is 1.60 bits per heavy atom. The number of sulfonamides is 1. The first-order valence-electron chi connectivity index (χ1n) is 13.1. The Morgan fingerprint density at radius 3 is 2.23 bits per heavy atom. The first-order valence-corrected chi connectivity index (χ1v) is 15.7. The van der Waals surface area contributed by atoms with Gasteiger partial charge in [-0.1, -0.05) is 91.1 Å². The summed E-state index contributed by atoms with van der Waals surface area (Å²) in [5.41, 5.74) is 2.63. The number of amides is 2. The molecule has 1 N–H and O–H groups in total. The van der Waals surface area contributed by atoms with E-state index in [1.54, 1.807) is 49.4 Å². The molecule has 214 valence electrons. The summed E-state index contributed by atoms with van der Waals surface area (Å²) >= 11 is 12.4. The Morgan fingerprint density at radius 1 is 0.925 bits per heavy atom. The molecule has 0 bridgehead atoms. The van der Waals surface area contributed by atoms with Gasteiger partial charge >= 0.3 is 0 Å². The lowest BCUT2D eigenvalue weighted by Gasteiger charge is -2.34. The lowest BCUT2D eigenvalue weighted by atomic mass is 10.0. The van der Waals surface area contributed by atoms with Crippen LogP contribution < -0.4 is 9.62 Å². The van der Waals surface area contributed by atoms with Crippen LogP contribution in [-0.4, -0.2) is 50.5 Å². The summed E-state index contributed by atoms with van der Waals surface area (Å²) in [5, 5.41) is 3.64. The quantitative estimate of drug-likeness (QED) is 0.257. The maximum atomic E-state index is 14.1. The summed E-state index contributed by atoms with van der Waals surface area (Å²) < 4.78 is 26.9. The molecule has 0 saturated carbocycles. The lowest BCUT2D eigenvalue weighted by Crippen LogP contribution is -2.53. The van der Waals surface area contributed by atoms with Crippen molar-refractivity contribution in [2.45, 2.75) is 45.7 Å². The van der Waals surface area contributed by atoms with Gasteiger partial charge in [0.05, 0.1) is 22.0 Å². The number of para-hydroxylation sites is 1. The van der Waals surface area contributed by atoms with E-state index < -0.39 is 28.5 Å². The van der Waals surface area contributed by atoms with Gasteiger partial charge < -0.3 is 10.2 Å². The molecule has 0 saturated heterocycles. The van der Waals surface area contributed by atoms with Gasteiger partial charge in [-0.15, -0.1) is 0 Å². The van der Waals surface area contributed by atoms with Crippen LogP contribution in [0.3, 0.4) is 0 Å². The normalized spacial score (nSPS) is 12.0. The van der Waals surface area contributed by atoms with Gasteiger partial charge in [0.25, 0.3) is 0 Å². The van der Waals surface area contributed by atoms with E-state index in [9.17, 15) is 18.0 Å². The van der Waals surface area contributed by atoms with Crippen molar-refractivity contribution in [3.05, 3.63) is 99.5 Å². The summed E-state index contributed by atoms with van der Waals surface area (Å²) in [6.07, 6.45) is 3.00. The monoisotopic (exact) mass is 603 g/mol. The average Bonchev–Trinajstić information content (AvgIpc) is 2.91. The first-order chi connectivity index (χ1) is 19.0. The van der Waals surface area contributed by atoms with Crippen LogP contribution in [0.1, 0.15) is 36.5 Å². The molecule has 0 spiro atoms. The second-order valence-corrected chi connectivity index (χ2v) is 12.4. The van der Waals surface area contributed by atoms with Crippen LogP contribution in [0.15, 0.2) is 72.8 Å². The van der Waals surface area contributed by atoms with Crippen molar-refractivity contribution in [1.29, 1.82) is 0 Å². The van der Waals surface area contributed by atoms with Crippen LogP contribution >= 0.6 is 23.2 Å². The number of hydrogen-bond donors (Lipinski definition) is 1. The van der Waals surface area contributed by atoms with Crippen molar-refractivity contribution in [2.75, 3.05) is 23.7 Å². The third-order valence-corrected chi connectivity index (χ3v) is 8.37. The van der Waals surface area contributed by atoms with Crippen molar-refractivity contribution >= 4 is 50.7 Å². The highest BCUT2D eigenvalue weighted by atomic mass is 35.5. The number of carbonyl (C=O) groups excluding carboxylic acids is 2. The highest BCUT2D eigenvalue weighted by molar-refractivity contribution is 7.92. The van der Waals surface area contributed by atoms with Crippen molar-refractivity contribution in [3.63, 3.8) is 0 Å². The predicted molar refractivity (Wildman–Crippen MR) is 162 cm³/mol. The predicted octanol–water partition coefficient (Wildman–Crippen LogP) is 5.62. The Kier molecular flexibility index (Phi) is 11.4. The smallest absolute Gasteiger partial charge is 0.244 e. The van der Waals surface area contributed by atoms with Gasteiger partial charge in [0.15, 0.2) is 0 Å². The van der Waals surface area contributed by atoms with Crippen molar-refractivity contribution in [2.24, 2.45) is 0 Å².